The molecule has 1 aliphatic carbocycles. The minimum Gasteiger partial charge on any atom is -0.393 e. The fraction of sp³-hybridized carbons (Fsp3) is 0.462. The second-order valence-corrected chi connectivity index (χ2v) is 4.90. The molecule has 0 unspecified atom stereocenters. The van der Waals surface area contributed by atoms with Crippen LogP contribution < -0.4 is 5.32 Å². The molecule has 5 heteroatoms. The summed E-state index contributed by atoms with van der Waals surface area (Å²) >= 11 is 0. The van der Waals surface area contributed by atoms with E-state index in [9.17, 15) is 9.50 Å². The van der Waals surface area contributed by atoms with Crippen molar-refractivity contribution in [1.29, 1.82) is 0 Å². The maximum Gasteiger partial charge on any atom is 0.201 e. The molecule has 0 bridgehead atoms. The van der Waals surface area contributed by atoms with Crippen LogP contribution in [0.2, 0.25) is 0 Å². The summed E-state index contributed by atoms with van der Waals surface area (Å²) in [4.78, 5) is 7.44. The highest BCUT2D eigenvalue weighted by Gasteiger charge is 2.19. The van der Waals surface area contributed by atoms with Crippen LogP contribution in [0.25, 0.3) is 11.0 Å². The van der Waals surface area contributed by atoms with Crippen molar-refractivity contribution in [3.8, 4) is 0 Å². The first kappa shape index (κ1) is 11.5. The highest BCUT2D eigenvalue weighted by atomic mass is 19.1. The van der Waals surface area contributed by atoms with Gasteiger partial charge in [-0.15, -0.1) is 0 Å². The third-order valence-electron chi connectivity index (χ3n) is 3.48. The topological polar surface area (TPSA) is 60.9 Å². The van der Waals surface area contributed by atoms with Crippen molar-refractivity contribution in [3.05, 3.63) is 24.0 Å². The van der Waals surface area contributed by atoms with Crippen molar-refractivity contribution in [1.82, 2.24) is 9.97 Å². The highest BCUT2D eigenvalue weighted by Crippen LogP contribution is 2.22. The van der Waals surface area contributed by atoms with Crippen molar-refractivity contribution in [2.45, 2.75) is 37.8 Å². The number of anilines is 1. The molecule has 1 aliphatic rings. The number of rotatable bonds is 2. The van der Waals surface area contributed by atoms with Crippen LogP contribution in [-0.2, 0) is 0 Å². The molecule has 0 aliphatic heterocycles. The van der Waals surface area contributed by atoms with Crippen LogP contribution in [0.1, 0.15) is 25.7 Å². The molecule has 1 heterocycles. The predicted octanol–water partition coefficient (Wildman–Crippen LogP) is 2.42. The van der Waals surface area contributed by atoms with Gasteiger partial charge < -0.3 is 15.4 Å². The molecule has 96 valence electrons. The Morgan fingerprint density at radius 3 is 2.83 bits per heavy atom. The Bertz CT molecular complexity index is 546. The number of halogens is 1. The molecule has 0 saturated heterocycles. The normalized spacial score (nSPS) is 24.3. The van der Waals surface area contributed by atoms with Crippen LogP contribution in [0.15, 0.2) is 18.2 Å². The number of aliphatic hydroxyl groups excluding tert-OH is 1. The van der Waals surface area contributed by atoms with Gasteiger partial charge >= 0.3 is 0 Å². The number of aromatic amines is 1. The van der Waals surface area contributed by atoms with E-state index < -0.39 is 0 Å². The first-order valence-electron chi connectivity index (χ1n) is 6.30. The van der Waals surface area contributed by atoms with E-state index in [0.717, 1.165) is 31.2 Å². The van der Waals surface area contributed by atoms with E-state index >= 15 is 0 Å². The van der Waals surface area contributed by atoms with E-state index in [1.165, 1.54) is 12.1 Å². The molecule has 1 fully saturated rings. The number of benzene rings is 1. The number of nitrogens with one attached hydrogen (secondary N) is 2. The summed E-state index contributed by atoms with van der Waals surface area (Å²) in [5.74, 6) is 0.412. The van der Waals surface area contributed by atoms with Crippen LogP contribution in [-0.4, -0.2) is 27.2 Å². The second-order valence-electron chi connectivity index (χ2n) is 4.90. The third kappa shape index (κ3) is 2.31. The van der Waals surface area contributed by atoms with Gasteiger partial charge in [-0.1, -0.05) is 0 Å². The number of nitrogens with zero attached hydrogens (tertiary/aromatic N) is 1. The minimum absolute atomic E-state index is 0.159. The Hall–Kier alpha value is -1.62. The summed E-state index contributed by atoms with van der Waals surface area (Å²) in [6, 6.07) is 4.85. The van der Waals surface area contributed by atoms with Crippen LogP contribution in [0.3, 0.4) is 0 Å². The van der Waals surface area contributed by atoms with Gasteiger partial charge in [0, 0.05) is 6.04 Å². The second kappa shape index (κ2) is 4.57. The van der Waals surface area contributed by atoms with Crippen LogP contribution in [0.5, 0.6) is 0 Å². The number of fused-ring (bicyclic) bond motifs is 1. The fourth-order valence-electron chi connectivity index (χ4n) is 2.46. The standard InChI is InChI=1S/C13H16FN3O/c14-8-1-6-11-12(7-8)17-13(16-11)15-9-2-4-10(18)5-3-9/h1,6-7,9-10,18H,2-5H2,(H2,15,16,17). The average molecular weight is 249 g/mol. The summed E-state index contributed by atoms with van der Waals surface area (Å²) < 4.78 is 13.1. The maximum atomic E-state index is 13.1. The Morgan fingerprint density at radius 2 is 2.06 bits per heavy atom. The zero-order valence-corrected chi connectivity index (χ0v) is 9.99. The molecule has 0 radical (unpaired) electrons. The highest BCUT2D eigenvalue weighted by molar-refractivity contribution is 5.77. The van der Waals surface area contributed by atoms with Crippen molar-refractivity contribution in [2.24, 2.45) is 0 Å². The summed E-state index contributed by atoms with van der Waals surface area (Å²) in [5.41, 5.74) is 1.46. The lowest BCUT2D eigenvalue weighted by Gasteiger charge is -2.25. The van der Waals surface area contributed by atoms with Gasteiger partial charge in [0.1, 0.15) is 5.82 Å². The van der Waals surface area contributed by atoms with Gasteiger partial charge in [-0.25, -0.2) is 9.37 Å². The van der Waals surface area contributed by atoms with E-state index in [1.807, 2.05) is 0 Å². The zero-order chi connectivity index (χ0) is 12.5. The lowest BCUT2D eigenvalue weighted by atomic mass is 9.93. The molecular formula is C13H16FN3O. The largest absolute Gasteiger partial charge is 0.393 e. The van der Waals surface area contributed by atoms with Gasteiger partial charge in [0.15, 0.2) is 0 Å². The molecule has 0 atom stereocenters. The van der Waals surface area contributed by atoms with Crippen molar-refractivity contribution >= 4 is 17.0 Å². The maximum absolute atomic E-state index is 13.1. The monoisotopic (exact) mass is 249 g/mol. The van der Waals surface area contributed by atoms with Gasteiger partial charge in [0.25, 0.3) is 0 Å². The Labute approximate surface area is 104 Å². The zero-order valence-electron chi connectivity index (χ0n) is 9.99. The van der Waals surface area contributed by atoms with Gasteiger partial charge in [-0.3, -0.25) is 0 Å². The van der Waals surface area contributed by atoms with Crippen molar-refractivity contribution < 1.29 is 9.50 Å². The number of hydrogen-bond donors (Lipinski definition) is 3. The van der Waals surface area contributed by atoms with Crippen LogP contribution in [0.4, 0.5) is 10.3 Å². The van der Waals surface area contributed by atoms with Crippen LogP contribution >= 0.6 is 0 Å². The van der Waals surface area contributed by atoms with Gasteiger partial charge in [-0.05, 0) is 43.9 Å². The molecule has 1 aromatic heterocycles. The Kier molecular flexibility index (Phi) is 2.91. The average Bonchev–Trinajstić information content (AvgIpc) is 2.73. The van der Waals surface area contributed by atoms with E-state index in [-0.39, 0.29) is 11.9 Å². The molecule has 1 saturated carbocycles. The minimum atomic E-state index is -0.265. The molecule has 3 N–H and O–H groups in total. The lowest BCUT2D eigenvalue weighted by molar-refractivity contribution is 0.126. The number of hydrogen-bond acceptors (Lipinski definition) is 3. The summed E-state index contributed by atoms with van der Waals surface area (Å²) in [5, 5.41) is 12.8. The molecule has 3 rings (SSSR count). The number of aliphatic hydroxyl groups is 1. The smallest absolute Gasteiger partial charge is 0.201 e. The predicted molar refractivity (Wildman–Crippen MR) is 67.9 cm³/mol. The van der Waals surface area contributed by atoms with Gasteiger partial charge in [0.05, 0.1) is 17.1 Å². The van der Waals surface area contributed by atoms with Gasteiger partial charge in [-0.2, -0.15) is 0 Å². The quantitative estimate of drug-likeness (QED) is 0.766. The van der Waals surface area contributed by atoms with E-state index in [0.29, 0.717) is 17.5 Å². The third-order valence-corrected chi connectivity index (χ3v) is 3.48. The first-order chi connectivity index (χ1) is 8.70. The molecule has 1 aromatic carbocycles. The van der Waals surface area contributed by atoms with E-state index in [1.54, 1.807) is 6.07 Å². The summed E-state index contributed by atoms with van der Waals surface area (Å²) in [6.45, 7) is 0. The number of aromatic nitrogens is 2. The lowest BCUT2D eigenvalue weighted by Crippen LogP contribution is -2.28. The number of imidazole rings is 1. The molecule has 18 heavy (non-hydrogen) atoms. The number of H-pyrrole nitrogens is 1. The molecule has 4 nitrogen and oxygen atoms in total. The van der Waals surface area contributed by atoms with Crippen molar-refractivity contribution in [2.75, 3.05) is 5.32 Å². The molecule has 2 aromatic rings. The Morgan fingerprint density at radius 1 is 1.28 bits per heavy atom. The SMILES string of the molecule is OC1CCC(Nc2nc3ccc(F)cc3[nH]2)CC1. The van der Waals surface area contributed by atoms with E-state index in [2.05, 4.69) is 15.3 Å². The summed E-state index contributed by atoms with van der Waals surface area (Å²) in [6.07, 6.45) is 3.37. The molecule has 0 amide bonds. The van der Waals surface area contributed by atoms with Gasteiger partial charge in [0.2, 0.25) is 5.95 Å². The fourth-order valence-corrected chi connectivity index (χ4v) is 2.46. The summed E-state index contributed by atoms with van der Waals surface area (Å²) in [7, 11) is 0. The Balaban J connectivity index is 1.74. The molecule has 0 spiro atoms. The molecular weight excluding hydrogens is 233 g/mol. The first-order valence-corrected chi connectivity index (χ1v) is 6.30. The van der Waals surface area contributed by atoms with Crippen LogP contribution in [0, 0.1) is 5.82 Å². The van der Waals surface area contributed by atoms with E-state index in [4.69, 9.17) is 0 Å². The van der Waals surface area contributed by atoms with Crippen molar-refractivity contribution in [3.63, 3.8) is 0 Å².